The van der Waals surface area contributed by atoms with Gasteiger partial charge >= 0.3 is 30.0 Å². The fourth-order valence-corrected chi connectivity index (χ4v) is 8.24. The maximum absolute atomic E-state index is 14.7. The van der Waals surface area contributed by atoms with Crippen LogP contribution < -0.4 is 38.1 Å². The number of amides is 8. The van der Waals surface area contributed by atoms with E-state index in [9.17, 15) is 93.1 Å². The van der Waals surface area contributed by atoms with E-state index in [1.807, 2.05) is 0 Å². The van der Waals surface area contributed by atoms with Gasteiger partial charge in [0.2, 0.25) is 17.7 Å². The van der Waals surface area contributed by atoms with Gasteiger partial charge in [-0.3, -0.25) is 28.9 Å². The summed E-state index contributed by atoms with van der Waals surface area (Å²) in [6.45, 7) is 2.43. The van der Waals surface area contributed by atoms with Crippen LogP contribution in [-0.4, -0.2) is 240 Å². The van der Waals surface area contributed by atoms with E-state index in [-0.39, 0.29) is 68.5 Å². The maximum atomic E-state index is 14.7. The minimum Gasteiger partial charge on any atom is -0.465 e. The van der Waals surface area contributed by atoms with Gasteiger partial charge in [0, 0.05) is 37.3 Å². The molecular weight excluding hydrogens is 1120 g/mol. The molecule has 3 heterocycles. The molecule has 0 saturated carbocycles. The van der Waals surface area contributed by atoms with E-state index in [4.69, 9.17) is 40.4 Å². The molecule has 1 aromatic rings. The standard InChI is InChI=1S/C38H56FN7O14.C10H18FNO8.CO2/c1-20(2)28(44-25(49)9-5-4-6-17-46-26(50)14-15-27(46)51)35(55)43-23(8-7-16-41-36(40)56)34(54)42-22-12-10-21(11-13-22)19-59-37(57)45-29-31(53)33(39)38(3,58)60-32(29)30(52)24(48)18-47;1-19-9(17)10(18)8(11)6(16)4(12)7(20-10)5(15)3(14)2-13;2-1-3/h10-15,20,23-24,28-33,47-48,52-53,58H,4-9,16-19H2,1-3H3,(H,42,54)(H,43,55)(H,44,49)(H,45,57)(H3,40,41,56);3-8,13-16,18H,2,12H2,1H3;/t23?,24-,28?,29-,30-,31-,32-,33-,38?;3-,4-,5-,6-,7-,8-,10?;/m11./s1. The SMILES string of the molecule is CC(C)C(NC(=O)CCCCCN1C(=O)C=CC1=O)C(=O)NC(CCCNC(N)=O)C(=O)Nc1ccc(COC(=O)N[C@@H]2[C@@H](O)[C@@H](F)C(C)(O)O[C@H]2[C@H](O)[C@H](O)CO)cc1.COC(=O)C1(O)O[C@@H]([C@H](O)[C@H](O)CO)[C@H](N)[C@@H](O)[C@H]1F.O=C=O. The minimum atomic E-state index is -3.18. The number of nitrogens with two attached hydrogens (primary N) is 2. The van der Waals surface area contributed by atoms with Gasteiger partial charge in [0.1, 0.15) is 67.5 Å². The lowest BCUT2D eigenvalue weighted by molar-refractivity contribution is -0.321. The smallest absolute Gasteiger partial charge is 0.407 e. The number of aliphatic hydroxyl groups is 10. The topological polar surface area (TPSA) is 525 Å². The molecule has 0 radical (unpaired) electrons. The number of carbonyl (C=O) groups is 8. The summed E-state index contributed by atoms with van der Waals surface area (Å²) in [6, 6.07) is -0.289. The molecule has 83 heavy (non-hydrogen) atoms. The number of alkyl halides is 2. The monoisotopic (exact) mass is 1200 g/mol. The molecule has 0 aromatic heterocycles. The van der Waals surface area contributed by atoms with Crippen LogP contribution in [0.3, 0.4) is 0 Å². The second kappa shape index (κ2) is 34.1. The highest BCUT2D eigenvalue weighted by molar-refractivity contribution is 6.12. The fraction of sp³-hybridized carbons (Fsp3) is 0.653. The third kappa shape index (κ3) is 21.1. The molecule has 0 aliphatic carbocycles. The minimum absolute atomic E-state index is 0.0630. The van der Waals surface area contributed by atoms with Gasteiger partial charge in [0.25, 0.3) is 11.8 Å². The molecule has 0 bridgehead atoms. The summed E-state index contributed by atoms with van der Waals surface area (Å²) in [5.41, 5.74) is 11.2. The predicted octanol–water partition coefficient (Wildman–Crippen LogP) is -6.30. The van der Waals surface area contributed by atoms with Crippen molar-refractivity contribution in [3.63, 3.8) is 0 Å². The van der Waals surface area contributed by atoms with Crippen LogP contribution in [0.4, 0.5) is 24.1 Å². The number of halogens is 2. The highest BCUT2D eigenvalue weighted by atomic mass is 19.1. The lowest BCUT2D eigenvalue weighted by atomic mass is 9.88. The van der Waals surface area contributed by atoms with Gasteiger partial charge in [0.05, 0.1) is 32.4 Å². The molecule has 16 atom stereocenters. The molecule has 2 fully saturated rings. The lowest BCUT2D eigenvalue weighted by Crippen LogP contribution is -2.71. The molecular formula is C49H74F2N8O24. The first-order valence-corrected chi connectivity index (χ1v) is 25.6. The summed E-state index contributed by atoms with van der Waals surface area (Å²) in [5, 5.41) is 110. The zero-order valence-corrected chi connectivity index (χ0v) is 45.4. The first kappa shape index (κ1) is 72.3. The van der Waals surface area contributed by atoms with Crippen LogP contribution in [0.5, 0.6) is 0 Å². The van der Waals surface area contributed by atoms with Gasteiger partial charge in [-0.25, -0.2) is 23.2 Å². The van der Waals surface area contributed by atoms with E-state index >= 15 is 0 Å². The van der Waals surface area contributed by atoms with E-state index in [1.165, 1.54) is 36.4 Å². The summed E-state index contributed by atoms with van der Waals surface area (Å²) >= 11 is 0. The number of hydrogen-bond acceptors (Lipinski definition) is 25. The molecule has 1 aromatic carbocycles. The molecule has 32 nitrogen and oxygen atoms in total. The zero-order valence-electron chi connectivity index (χ0n) is 45.4. The number of unbranched alkanes of at least 4 members (excludes halogenated alkanes) is 2. The number of anilines is 1. The van der Waals surface area contributed by atoms with Crippen molar-refractivity contribution in [3.05, 3.63) is 42.0 Å². The molecule has 34 heteroatoms. The van der Waals surface area contributed by atoms with Crippen molar-refractivity contribution >= 4 is 59.5 Å². The Morgan fingerprint density at radius 3 is 1.92 bits per heavy atom. The first-order chi connectivity index (χ1) is 38.9. The van der Waals surface area contributed by atoms with Crippen molar-refractivity contribution in [3.8, 4) is 0 Å². The number of imide groups is 1. The summed E-state index contributed by atoms with van der Waals surface area (Å²) in [5.74, 6) is -10.1. The third-order valence-corrected chi connectivity index (χ3v) is 12.9. The van der Waals surface area contributed by atoms with E-state index in [1.54, 1.807) is 13.8 Å². The third-order valence-electron chi connectivity index (χ3n) is 12.9. The summed E-state index contributed by atoms with van der Waals surface area (Å²) < 4.78 is 47.7. The highest BCUT2D eigenvalue weighted by Gasteiger charge is 2.61. The summed E-state index contributed by atoms with van der Waals surface area (Å²) in [6.07, 6.45) is -16.8. The Balaban J connectivity index is 0.000000851. The number of carbonyl (C=O) groups excluding carboxylic acids is 10. The fourth-order valence-electron chi connectivity index (χ4n) is 8.24. The molecule has 468 valence electrons. The number of nitrogens with one attached hydrogen (secondary N) is 5. The van der Waals surface area contributed by atoms with Gasteiger partial charge in [-0.2, -0.15) is 9.59 Å². The van der Waals surface area contributed by atoms with Crippen LogP contribution in [0.25, 0.3) is 0 Å². The number of aliphatic hydroxyl groups excluding tert-OH is 8. The number of ether oxygens (including phenoxy) is 4. The molecule has 19 N–H and O–H groups in total. The number of nitrogens with zero attached hydrogens (tertiary/aromatic N) is 1. The van der Waals surface area contributed by atoms with Gasteiger partial charge in [-0.05, 0) is 56.2 Å². The quantitative estimate of drug-likeness (QED) is 0.0233. The maximum Gasteiger partial charge on any atom is 0.407 e. The van der Waals surface area contributed by atoms with E-state index in [0.717, 1.165) is 18.9 Å². The normalized spacial score (nSPS) is 26.8. The Morgan fingerprint density at radius 1 is 0.819 bits per heavy atom. The predicted molar refractivity (Wildman–Crippen MR) is 272 cm³/mol. The number of primary amides is 1. The van der Waals surface area contributed by atoms with Gasteiger partial charge in [0.15, 0.2) is 18.1 Å². The Hall–Kier alpha value is -6.76. The van der Waals surface area contributed by atoms with Gasteiger partial charge in [-0.15, -0.1) is 0 Å². The summed E-state index contributed by atoms with van der Waals surface area (Å²) in [4.78, 5) is 116. The van der Waals surface area contributed by atoms with Crippen molar-refractivity contribution < 1.29 is 127 Å². The Morgan fingerprint density at radius 2 is 1.39 bits per heavy atom. The Labute approximate surface area is 472 Å². The number of benzene rings is 1. The lowest BCUT2D eigenvalue weighted by Gasteiger charge is -2.46. The van der Waals surface area contributed by atoms with Crippen molar-refractivity contribution in [1.29, 1.82) is 0 Å². The average molecular weight is 1200 g/mol. The summed E-state index contributed by atoms with van der Waals surface area (Å²) in [7, 11) is 0.852. The molecule has 3 aliphatic rings. The van der Waals surface area contributed by atoms with Crippen LogP contribution >= 0.6 is 0 Å². The molecule has 0 spiro atoms. The van der Waals surface area contributed by atoms with Gasteiger partial charge in [-0.1, -0.05) is 32.4 Å². The van der Waals surface area contributed by atoms with Crippen LogP contribution in [0.2, 0.25) is 0 Å². The number of hydrogen-bond donors (Lipinski definition) is 17. The Kier molecular flexibility index (Phi) is 29.7. The average Bonchev–Trinajstić information content (AvgIpc) is 3.96. The number of esters is 1. The second-order valence-electron chi connectivity index (χ2n) is 19.5. The van der Waals surface area contributed by atoms with Crippen molar-refractivity contribution in [2.24, 2.45) is 17.4 Å². The van der Waals surface area contributed by atoms with Crippen molar-refractivity contribution in [2.45, 2.75) is 163 Å². The largest absolute Gasteiger partial charge is 0.465 e. The second-order valence-corrected chi connectivity index (χ2v) is 19.5. The molecule has 2 saturated heterocycles. The van der Waals surface area contributed by atoms with Gasteiger partial charge < -0.3 is 108 Å². The van der Waals surface area contributed by atoms with Crippen LogP contribution in [-0.2, 0) is 63.9 Å². The van der Waals surface area contributed by atoms with Crippen LogP contribution in [0, 0.1) is 5.92 Å². The van der Waals surface area contributed by atoms with Crippen molar-refractivity contribution in [1.82, 2.24) is 26.2 Å². The zero-order chi connectivity index (χ0) is 63.1. The van der Waals surface area contributed by atoms with E-state index in [0.29, 0.717) is 24.8 Å². The van der Waals surface area contributed by atoms with E-state index in [2.05, 4.69) is 31.3 Å². The van der Waals surface area contributed by atoms with Crippen molar-refractivity contribution in [2.75, 3.05) is 38.7 Å². The number of alkyl carbamates (subject to hydrolysis) is 1. The molecule has 3 aliphatic heterocycles. The molecule has 4 rings (SSSR count). The Bertz CT molecular complexity index is 2370. The molecule has 8 amide bonds. The van der Waals surface area contributed by atoms with Crippen LogP contribution in [0.1, 0.15) is 64.9 Å². The number of rotatable bonds is 26. The van der Waals surface area contributed by atoms with Crippen LogP contribution in [0.15, 0.2) is 36.4 Å². The highest BCUT2D eigenvalue weighted by Crippen LogP contribution is 2.34. The first-order valence-electron chi connectivity index (χ1n) is 25.6. The van der Waals surface area contributed by atoms with E-state index < -0.39 is 146 Å². The molecule has 4 unspecified atom stereocenters. The number of urea groups is 1. The number of methoxy groups -OCH3 is 1.